The number of piperidine rings is 1. The van der Waals surface area contributed by atoms with E-state index in [0.29, 0.717) is 19.0 Å². The van der Waals surface area contributed by atoms with Gasteiger partial charge in [0, 0.05) is 39.3 Å². The fourth-order valence-electron chi connectivity index (χ4n) is 2.61. The molecule has 0 aromatic carbocycles. The highest BCUT2D eigenvalue weighted by Crippen LogP contribution is 2.21. The van der Waals surface area contributed by atoms with Crippen LogP contribution in [0.2, 0.25) is 0 Å². The van der Waals surface area contributed by atoms with E-state index in [2.05, 4.69) is 6.92 Å². The Morgan fingerprint density at radius 2 is 1.15 bits per heavy atom. The molecule has 2 fully saturated rings. The molecule has 0 spiro atoms. The lowest BCUT2D eigenvalue weighted by Gasteiger charge is -2.37. The molecule has 20 heavy (non-hydrogen) atoms. The standard InChI is InChI=1S/C11H23N3O4S2/c1-11-3-5-13(6-4-11)20(17,18)14-9-7-12(8-10-14)19(2,15)16/h11H,3-10H2,1-2H3. The summed E-state index contributed by atoms with van der Waals surface area (Å²) < 4.78 is 52.1. The fourth-order valence-corrected chi connectivity index (χ4v) is 5.06. The summed E-state index contributed by atoms with van der Waals surface area (Å²) in [6, 6.07) is 0. The van der Waals surface area contributed by atoms with Gasteiger partial charge in [0.2, 0.25) is 10.0 Å². The van der Waals surface area contributed by atoms with Crippen LogP contribution < -0.4 is 0 Å². The van der Waals surface area contributed by atoms with Crippen molar-refractivity contribution < 1.29 is 16.8 Å². The van der Waals surface area contributed by atoms with Crippen molar-refractivity contribution >= 4 is 20.2 Å². The van der Waals surface area contributed by atoms with Crippen LogP contribution in [0.25, 0.3) is 0 Å². The number of rotatable bonds is 3. The van der Waals surface area contributed by atoms with E-state index in [1.54, 1.807) is 0 Å². The summed E-state index contributed by atoms with van der Waals surface area (Å²) in [7, 11) is -6.66. The van der Waals surface area contributed by atoms with Crippen LogP contribution in [-0.2, 0) is 20.2 Å². The Morgan fingerprint density at radius 3 is 1.60 bits per heavy atom. The molecule has 2 aliphatic rings. The summed E-state index contributed by atoms with van der Waals surface area (Å²) in [5, 5.41) is 0. The molecule has 9 heteroatoms. The van der Waals surface area contributed by atoms with E-state index in [-0.39, 0.29) is 26.2 Å². The zero-order chi connectivity index (χ0) is 15.0. The normalized spacial score (nSPS) is 25.9. The van der Waals surface area contributed by atoms with E-state index >= 15 is 0 Å². The highest BCUT2D eigenvalue weighted by molar-refractivity contribution is 7.88. The van der Waals surface area contributed by atoms with Crippen LogP contribution in [0.4, 0.5) is 0 Å². The van der Waals surface area contributed by atoms with Gasteiger partial charge >= 0.3 is 0 Å². The van der Waals surface area contributed by atoms with Crippen molar-refractivity contribution in [1.82, 2.24) is 12.9 Å². The molecular formula is C11H23N3O4S2. The summed E-state index contributed by atoms with van der Waals surface area (Å²) >= 11 is 0. The molecule has 0 aromatic rings. The molecule has 0 N–H and O–H groups in total. The van der Waals surface area contributed by atoms with Crippen LogP contribution in [0.1, 0.15) is 19.8 Å². The molecule has 0 amide bonds. The van der Waals surface area contributed by atoms with E-state index in [0.717, 1.165) is 19.1 Å². The molecule has 0 bridgehead atoms. The largest absolute Gasteiger partial charge is 0.282 e. The minimum atomic E-state index is -3.43. The van der Waals surface area contributed by atoms with Gasteiger partial charge in [-0.15, -0.1) is 0 Å². The third-order valence-electron chi connectivity index (χ3n) is 4.06. The Balaban J connectivity index is 1.99. The monoisotopic (exact) mass is 325 g/mol. The summed E-state index contributed by atoms with van der Waals surface area (Å²) in [5.74, 6) is 0.573. The van der Waals surface area contributed by atoms with Crippen molar-refractivity contribution in [2.24, 2.45) is 5.92 Å². The van der Waals surface area contributed by atoms with Crippen molar-refractivity contribution in [2.45, 2.75) is 19.8 Å². The molecule has 118 valence electrons. The Hall–Kier alpha value is -0.220. The Kier molecular flexibility index (Phi) is 4.75. The van der Waals surface area contributed by atoms with Crippen molar-refractivity contribution in [1.29, 1.82) is 0 Å². The molecule has 2 rings (SSSR count). The van der Waals surface area contributed by atoms with E-state index in [1.165, 1.54) is 12.9 Å². The molecule has 2 aliphatic heterocycles. The first-order chi connectivity index (χ1) is 9.21. The van der Waals surface area contributed by atoms with Crippen molar-refractivity contribution in [3.05, 3.63) is 0 Å². The molecule has 7 nitrogen and oxygen atoms in total. The summed E-state index contributed by atoms with van der Waals surface area (Å²) in [6.07, 6.45) is 2.94. The van der Waals surface area contributed by atoms with Crippen molar-refractivity contribution in [2.75, 3.05) is 45.5 Å². The predicted molar refractivity (Wildman–Crippen MR) is 76.9 cm³/mol. The Labute approximate surface area is 121 Å². The average Bonchev–Trinajstić information content (AvgIpc) is 2.38. The van der Waals surface area contributed by atoms with Gasteiger partial charge in [-0.2, -0.15) is 21.3 Å². The SMILES string of the molecule is CC1CCN(S(=O)(=O)N2CCN(S(C)(=O)=O)CC2)CC1. The molecule has 2 saturated heterocycles. The molecule has 0 aliphatic carbocycles. The number of piperazine rings is 1. The van der Waals surface area contributed by atoms with E-state index in [4.69, 9.17) is 0 Å². The van der Waals surface area contributed by atoms with Gasteiger partial charge in [-0.25, -0.2) is 8.42 Å². The minimum absolute atomic E-state index is 0.238. The summed E-state index contributed by atoms with van der Waals surface area (Å²) in [4.78, 5) is 0. The number of hydrogen-bond donors (Lipinski definition) is 0. The lowest BCUT2D eigenvalue weighted by molar-refractivity contribution is 0.232. The van der Waals surface area contributed by atoms with Gasteiger partial charge in [0.1, 0.15) is 0 Å². The van der Waals surface area contributed by atoms with Gasteiger partial charge in [-0.3, -0.25) is 0 Å². The van der Waals surface area contributed by atoms with Gasteiger partial charge < -0.3 is 0 Å². The maximum atomic E-state index is 12.5. The maximum Gasteiger partial charge on any atom is 0.282 e. The topological polar surface area (TPSA) is 78.0 Å². The quantitative estimate of drug-likeness (QED) is 0.703. The highest BCUT2D eigenvalue weighted by atomic mass is 32.2. The van der Waals surface area contributed by atoms with Crippen LogP contribution in [0.3, 0.4) is 0 Å². The molecular weight excluding hydrogens is 302 g/mol. The Bertz CT molecular complexity index is 530. The second-order valence-electron chi connectivity index (χ2n) is 5.65. The first-order valence-corrected chi connectivity index (χ1v) is 10.2. The number of nitrogens with zero attached hydrogens (tertiary/aromatic N) is 3. The van der Waals surface area contributed by atoms with Crippen LogP contribution in [-0.4, -0.2) is 75.3 Å². The number of sulfonamides is 1. The molecule has 0 aromatic heterocycles. The van der Waals surface area contributed by atoms with Gasteiger partial charge in [0.15, 0.2) is 0 Å². The van der Waals surface area contributed by atoms with Crippen LogP contribution in [0, 0.1) is 5.92 Å². The molecule has 0 saturated carbocycles. The lowest BCUT2D eigenvalue weighted by atomic mass is 10.0. The Morgan fingerprint density at radius 1 is 0.750 bits per heavy atom. The predicted octanol–water partition coefficient (Wildman–Crippen LogP) is -0.460. The van der Waals surface area contributed by atoms with E-state index in [9.17, 15) is 16.8 Å². The highest BCUT2D eigenvalue weighted by Gasteiger charge is 2.35. The molecule has 2 heterocycles. The second kappa shape index (κ2) is 5.88. The minimum Gasteiger partial charge on any atom is -0.213 e. The van der Waals surface area contributed by atoms with E-state index < -0.39 is 20.2 Å². The summed E-state index contributed by atoms with van der Waals surface area (Å²) in [6.45, 7) is 4.22. The smallest absolute Gasteiger partial charge is 0.213 e. The van der Waals surface area contributed by atoms with Crippen LogP contribution >= 0.6 is 0 Å². The van der Waals surface area contributed by atoms with Crippen LogP contribution in [0.5, 0.6) is 0 Å². The first kappa shape index (κ1) is 16.2. The number of hydrogen-bond acceptors (Lipinski definition) is 4. The van der Waals surface area contributed by atoms with Crippen molar-refractivity contribution in [3.63, 3.8) is 0 Å². The molecule has 0 radical (unpaired) electrons. The third-order valence-corrected chi connectivity index (χ3v) is 7.40. The zero-order valence-electron chi connectivity index (χ0n) is 12.0. The van der Waals surface area contributed by atoms with Gasteiger partial charge in [-0.05, 0) is 18.8 Å². The van der Waals surface area contributed by atoms with Gasteiger partial charge in [-0.1, -0.05) is 6.92 Å². The maximum absolute atomic E-state index is 12.5. The first-order valence-electron chi connectivity index (χ1n) is 6.91. The lowest BCUT2D eigenvalue weighted by Crippen LogP contribution is -2.54. The third kappa shape index (κ3) is 3.51. The fraction of sp³-hybridized carbons (Fsp3) is 1.00. The second-order valence-corrected chi connectivity index (χ2v) is 9.56. The summed E-state index contributed by atoms with van der Waals surface area (Å²) in [5.41, 5.74) is 0. The molecule has 0 unspecified atom stereocenters. The van der Waals surface area contributed by atoms with E-state index in [1.807, 2.05) is 0 Å². The molecule has 0 atom stereocenters. The van der Waals surface area contributed by atoms with Crippen molar-refractivity contribution in [3.8, 4) is 0 Å². The average molecular weight is 325 g/mol. The van der Waals surface area contributed by atoms with Crippen LogP contribution in [0.15, 0.2) is 0 Å². The zero-order valence-corrected chi connectivity index (χ0v) is 13.7. The van der Waals surface area contributed by atoms with Gasteiger partial charge in [0.25, 0.3) is 10.2 Å². The van der Waals surface area contributed by atoms with Gasteiger partial charge in [0.05, 0.1) is 6.26 Å².